The third kappa shape index (κ3) is 4.33. The van der Waals surface area contributed by atoms with Crippen LogP contribution in [0.3, 0.4) is 0 Å². The fourth-order valence-corrected chi connectivity index (χ4v) is 5.35. The van der Waals surface area contributed by atoms with Crippen molar-refractivity contribution in [2.24, 2.45) is 0 Å². The molecule has 3 aromatic rings. The van der Waals surface area contributed by atoms with Gasteiger partial charge in [-0.25, -0.2) is 9.88 Å². The minimum absolute atomic E-state index is 0.0784. The SMILES string of the molecule is N=C1SC(Cc2ccc(Br)cc2)C(=O)N1c1ncc(Cc2ccc(Cl)cc2)s1. The van der Waals surface area contributed by atoms with Crippen LogP contribution in [-0.4, -0.2) is 21.3 Å². The second kappa shape index (κ2) is 8.37. The summed E-state index contributed by atoms with van der Waals surface area (Å²) in [7, 11) is 0. The Morgan fingerprint density at radius 1 is 1.11 bits per heavy atom. The van der Waals surface area contributed by atoms with Gasteiger partial charge >= 0.3 is 0 Å². The van der Waals surface area contributed by atoms with E-state index in [-0.39, 0.29) is 16.3 Å². The topological polar surface area (TPSA) is 57.1 Å². The van der Waals surface area contributed by atoms with Crippen molar-refractivity contribution < 1.29 is 4.79 Å². The standard InChI is InChI=1S/C20H15BrClN3OS2/c21-14-5-1-13(2-6-14)10-17-18(26)25(19(23)28-17)20-24-11-16(27-20)9-12-3-7-15(22)8-4-12/h1-8,11,17,23H,9-10H2. The van der Waals surface area contributed by atoms with E-state index in [2.05, 4.69) is 20.9 Å². The predicted molar refractivity (Wildman–Crippen MR) is 121 cm³/mol. The molecule has 1 fully saturated rings. The Kier molecular flexibility index (Phi) is 5.87. The number of nitrogens with zero attached hydrogens (tertiary/aromatic N) is 2. The zero-order chi connectivity index (χ0) is 19.7. The van der Waals surface area contributed by atoms with E-state index >= 15 is 0 Å². The minimum Gasteiger partial charge on any atom is -0.278 e. The summed E-state index contributed by atoms with van der Waals surface area (Å²) in [5.41, 5.74) is 2.20. The lowest BCUT2D eigenvalue weighted by atomic mass is 10.1. The average Bonchev–Trinajstić information content (AvgIpc) is 3.23. The Balaban J connectivity index is 1.47. The molecule has 1 saturated heterocycles. The molecule has 0 aliphatic carbocycles. The van der Waals surface area contributed by atoms with Gasteiger partial charge in [0.05, 0.1) is 5.25 Å². The highest BCUT2D eigenvalue weighted by Crippen LogP contribution is 2.35. The molecule has 0 bridgehead atoms. The molecule has 2 aromatic carbocycles. The van der Waals surface area contributed by atoms with Gasteiger partial charge < -0.3 is 0 Å². The van der Waals surface area contributed by atoms with Crippen LogP contribution in [0.2, 0.25) is 5.02 Å². The van der Waals surface area contributed by atoms with Crippen LogP contribution in [0.5, 0.6) is 0 Å². The molecule has 1 aliphatic heterocycles. The Morgan fingerprint density at radius 2 is 1.79 bits per heavy atom. The average molecular weight is 493 g/mol. The molecule has 4 nitrogen and oxygen atoms in total. The normalized spacial score (nSPS) is 16.8. The van der Waals surface area contributed by atoms with Gasteiger partial charge in [0.2, 0.25) is 5.91 Å². The van der Waals surface area contributed by atoms with Crippen LogP contribution >= 0.6 is 50.6 Å². The second-order valence-corrected chi connectivity index (χ2v) is 9.97. The first-order valence-electron chi connectivity index (χ1n) is 8.52. The summed E-state index contributed by atoms with van der Waals surface area (Å²) < 4.78 is 1.01. The monoisotopic (exact) mass is 491 g/mol. The number of nitrogens with one attached hydrogen (secondary N) is 1. The van der Waals surface area contributed by atoms with E-state index in [1.807, 2.05) is 48.5 Å². The van der Waals surface area contributed by atoms with Gasteiger partial charge in [0.25, 0.3) is 0 Å². The highest BCUT2D eigenvalue weighted by molar-refractivity contribution is 9.10. The molecular weight excluding hydrogens is 478 g/mol. The van der Waals surface area contributed by atoms with Crippen molar-refractivity contribution >= 4 is 66.8 Å². The van der Waals surface area contributed by atoms with Gasteiger partial charge in [-0.15, -0.1) is 11.3 Å². The lowest BCUT2D eigenvalue weighted by Crippen LogP contribution is -2.32. The fraction of sp³-hybridized carbons (Fsp3) is 0.150. The molecule has 28 heavy (non-hydrogen) atoms. The van der Waals surface area contributed by atoms with Gasteiger partial charge in [-0.05, 0) is 41.8 Å². The summed E-state index contributed by atoms with van der Waals surface area (Å²) in [5.74, 6) is -0.0784. The van der Waals surface area contributed by atoms with E-state index in [0.29, 0.717) is 16.6 Å². The number of aromatic nitrogens is 1. The van der Waals surface area contributed by atoms with Crippen LogP contribution < -0.4 is 4.90 Å². The maximum atomic E-state index is 12.9. The summed E-state index contributed by atoms with van der Waals surface area (Å²) in [6, 6.07) is 15.6. The van der Waals surface area contributed by atoms with Gasteiger partial charge in [-0.3, -0.25) is 10.2 Å². The number of amides is 1. The quantitative estimate of drug-likeness (QED) is 0.491. The first-order chi connectivity index (χ1) is 13.5. The first kappa shape index (κ1) is 19.6. The summed E-state index contributed by atoms with van der Waals surface area (Å²) >= 11 is 12.1. The molecule has 2 heterocycles. The molecule has 142 valence electrons. The molecule has 1 aromatic heterocycles. The molecule has 8 heteroatoms. The third-order valence-corrected chi connectivity index (χ3v) is 7.13. The van der Waals surface area contributed by atoms with Crippen molar-refractivity contribution in [2.75, 3.05) is 4.90 Å². The Labute approximate surface area is 184 Å². The number of thioether (sulfide) groups is 1. The first-order valence-corrected chi connectivity index (χ1v) is 11.4. The summed E-state index contributed by atoms with van der Waals surface area (Å²) in [5, 5.41) is 9.48. The maximum Gasteiger partial charge on any atom is 0.248 e. The van der Waals surface area contributed by atoms with Gasteiger partial charge in [-0.1, -0.05) is 63.6 Å². The number of hydrogen-bond donors (Lipinski definition) is 1. The number of carbonyl (C=O) groups excluding carboxylic acids is 1. The third-order valence-electron chi connectivity index (χ3n) is 4.31. The molecular formula is C20H15BrClN3OS2. The number of rotatable bonds is 5. The van der Waals surface area contributed by atoms with Gasteiger partial charge in [0.1, 0.15) is 0 Å². The molecule has 1 aliphatic rings. The minimum atomic E-state index is -0.294. The van der Waals surface area contributed by atoms with E-state index in [0.717, 1.165) is 26.9 Å². The number of benzene rings is 2. The van der Waals surface area contributed by atoms with Crippen molar-refractivity contribution in [3.8, 4) is 0 Å². The van der Waals surface area contributed by atoms with Crippen molar-refractivity contribution in [2.45, 2.75) is 18.1 Å². The predicted octanol–water partition coefficient (Wildman–Crippen LogP) is 5.78. The van der Waals surface area contributed by atoms with Crippen LogP contribution in [0.25, 0.3) is 0 Å². The Bertz CT molecular complexity index is 1020. The molecule has 1 N–H and O–H groups in total. The zero-order valence-electron chi connectivity index (χ0n) is 14.6. The van der Waals surface area contributed by atoms with Crippen molar-refractivity contribution in [3.05, 3.63) is 80.2 Å². The van der Waals surface area contributed by atoms with Crippen molar-refractivity contribution in [3.63, 3.8) is 0 Å². The molecule has 0 saturated carbocycles. The molecule has 0 radical (unpaired) electrons. The van der Waals surface area contributed by atoms with Crippen LogP contribution in [0.4, 0.5) is 5.13 Å². The molecule has 0 spiro atoms. The van der Waals surface area contributed by atoms with Crippen LogP contribution in [0.1, 0.15) is 16.0 Å². The van der Waals surface area contributed by atoms with Crippen LogP contribution in [0, 0.1) is 5.41 Å². The highest BCUT2D eigenvalue weighted by Gasteiger charge is 2.39. The van der Waals surface area contributed by atoms with E-state index in [1.165, 1.54) is 28.0 Å². The number of halogens is 2. The number of carbonyl (C=O) groups is 1. The molecule has 4 rings (SSSR count). The van der Waals surface area contributed by atoms with Gasteiger partial charge in [0, 0.05) is 27.0 Å². The summed E-state index contributed by atoms with van der Waals surface area (Å²) in [6.45, 7) is 0. The molecule has 1 amide bonds. The smallest absolute Gasteiger partial charge is 0.248 e. The largest absolute Gasteiger partial charge is 0.278 e. The number of thiazole rings is 1. The molecule has 1 unspecified atom stereocenters. The molecule has 1 atom stereocenters. The lowest BCUT2D eigenvalue weighted by molar-refractivity contribution is -0.116. The number of anilines is 1. The van der Waals surface area contributed by atoms with Crippen LogP contribution in [0.15, 0.2) is 59.2 Å². The van der Waals surface area contributed by atoms with Gasteiger partial charge in [0.15, 0.2) is 10.3 Å². The van der Waals surface area contributed by atoms with Crippen LogP contribution in [-0.2, 0) is 17.6 Å². The Morgan fingerprint density at radius 3 is 2.50 bits per heavy atom. The van der Waals surface area contributed by atoms with Crippen molar-refractivity contribution in [1.82, 2.24) is 4.98 Å². The summed E-state index contributed by atoms with van der Waals surface area (Å²) in [6.07, 6.45) is 3.10. The van der Waals surface area contributed by atoms with Crippen molar-refractivity contribution in [1.29, 1.82) is 5.41 Å². The van der Waals surface area contributed by atoms with E-state index in [4.69, 9.17) is 17.0 Å². The van der Waals surface area contributed by atoms with E-state index < -0.39 is 0 Å². The van der Waals surface area contributed by atoms with E-state index in [1.54, 1.807) is 6.20 Å². The van der Waals surface area contributed by atoms with E-state index in [9.17, 15) is 4.79 Å². The van der Waals surface area contributed by atoms with Gasteiger partial charge in [-0.2, -0.15) is 0 Å². The maximum absolute atomic E-state index is 12.9. The lowest BCUT2D eigenvalue weighted by Gasteiger charge is -2.11. The summed E-state index contributed by atoms with van der Waals surface area (Å²) in [4.78, 5) is 19.8. The Hall–Kier alpha value is -1.67. The number of amidine groups is 1. The fourth-order valence-electron chi connectivity index (χ4n) is 2.91. The zero-order valence-corrected chi connectivity index (χ0v) is 18.5. The number of hydrogen-bond acceptors (Lipinski definition) is 5. The second-order valence-electron chi connectivity index (χ2n) is 6.33. The highest BCUT2D eigenvalue weighted by atomic mass is 79.9.